The topological polar surface area (TPSA) is 0 Å². The summed E-state index contributed by atoms with van der Waals surface area (Å²) in [5.41, 5.74) is 7.53. The zero-order valence-electron chi connectivity index (χ0n) is 28.1. The van der Waals surface area contributed by atoms with Gasteiger partial charge in [0.25, 0.3) is 0 Å². The number of hydrogen-bond donors (Lipinski definition) is 0. The minimum absolute atomic E-state index is 0.714. The van der Waals surface area contributed by atoms with Gasteiger partial charge in [-0.15, -0.1) is 58.8 Å². The molecule has 0 spiro atoms. The van der Waals surface area contributed by atoms with Crippen molar-refractivity contribution in [2.75, 3.05) is 21.7 Å². The molecule has 0 amide bonds. The van der Waals surface area contributed by atoms with Crippen molar-refractivity contribution in [2.24, 2.45) is 0 Å². The summed E-state index contributed by atoms with van der Waals surface area (Å²) in [7, 11) is 0. The maximum absolute atomic E-state index is 2.36. The average Bonchev–Trinajstić information content (AvgIpc) is 3.43. The molecule has 1 aliphatic rings. The molecule has 0 unspecified atom stereocenters. The number of unbranched alkanes of at least 4 members (excludes halogenated alkanes) is 16. The molecule has 0 bridgehead atoms. The van der Waals surface area contributed by atoms with Gasteiger partial charge in [-0.2, -0.15) is 0 Å². The highest BCUT2D eigenvalue weighted by atomic mass is 32.3. The molecule has 0 heterocycles. The van der Waals surface area contributed by atoms with Crippen LogP contribution in [0.25, 0.3) is 11.1 Å². The van der Waals surface area contributed by atoms with Gasteiger partial charge >= 0.3 is 0 Å². The lowest BCUT2D eigenvalue weighted by Gasteiger charge is -2.16. The molecule has 0 saturated carbocycles. The van der Waals surface area contributed by atoms with E-state index in [1.165, 1.54) is 154 Å². The zero-order chi connectivity index (χ0) is 30.9. The Morgan fingerprint density at radius 2 is 1.07 bits per heavy atom. The SMILES string of the molecule is CCCCCCCCCCCSC(SCCCCCCCCCCC)SCSCSCc1cccc2c1Cc1ccccc1-2. The van der Waals surface area contributed by atoms with Crippen molar-refractivity contribution in [1.29, 1.82) is 0 Å². The fourth-order valence-corrected chi connectivity index (χ4v) is 13.5. The molecule has 0 radical (unpaired) electrons. The molecule has 5 heteroatoms. The summed E-state index contributed by atoms with van der Waals surface area (Å²) in [5, 5.41) is 2.42. The average molecular weight is 691 g/mol. The number of hydrogen-bond acceptors (Lipinski definition) is 5. The molecule has 0 fully saturated rings. The van der Waals surface area contributed by atoms with Crippen LogP contribution in [0.5, 0.6) is 0 Å². The molecule has 3 rings (SSSR count). The van der Waals surface area contributed by atoms with Gasteiger partial charge < -0.3 is 0 Å². The van der Waals surface area contributed by atoms with Crippen LogP contribution in [0, 0.1) is 0 Å². The predicted molar refractivity (Wildman–Crippen MR) is 214 cm³/mol. The van der Waals surface area contributed by atoms with Gasteiger partial charge in [0.2, 0.25) is 0 Å². The van der Waals surface area contributed by atoms with Gasteiger partial charge in [-0.25, -0.2) is 0 Å². The van der Waals surface area contributed by atoms with Crippen molar-refractivity contribution in [3.63, 3.8) is 0 Å². The predicted octanol–water partition coefficient (Wildman–Crippen LogP) is 14.7. The summed E-state index contributed by atoms with van der Waals surface area (Å²) in [6.07, 6.45) is 26.8. The van der Waals surface area contributed by atoms with Gasteiger partial charge in [-0.05, 0) is 58.6 Å². The Morgan fingerprint density at radius 1 is 0.523 bits per heavy atom. The van der Waals surface area contributed by atoms with Crippen molar-refractivity contribution in [2.45, 2.75) is 146 Å². The molecule has 0 aromatic heterocycles. The highest BCUT2D eigenvalue weighted by molar-refractivity contribution is 8.35. The van der Waals surface area contributed by atoms with Crippen molar-refractivity contribution in [1.82, 2.24) is 0 Å². The molecule has 44 heavy (non-hydrogen) atoms. The van der Waals surface area contributed by atoms with E-state index in [1.54, 1.807) is 11.1 Å². The maximum Gasteiger partial charge on any atom is 0.0964 e. The van der Waals surface area contributed by atoms with Crippen molar-refractivity contribution >= 4 is 58.8 Å². The second-order valence-electron chi connectivity index (χ2n) is 12.4. The normalized spacial score (nSPS) is 12.2. The Balaban J connectivity index is 1.28. The largest absolute Gasteiger partial charge is 0.146 e. The second-order valence-corrected chi connectivity index (χ2v) is 19.5. The van der Waals surface area contributed by atoms with E-state index in [2.05, 4.69) is 115 Å². The fraction of sp³-hybridized carbons (Fsp3) is 0.692. The quantitative estimate of drug-likeness (QED) is 0.0523. The van der Waals surface area contributed by atoms with Crippen LogP contribution in [-0.2, 0) is 12.2 Å². The molecular formula is C39H62S5. The first kappa shape index (κ1) is 38.6. The van der Waals surface area contributed by atoms with Crippen molar-refractivity contribution in [3.05, 3.63) is 59.2 Å². The van der Waals surface area contributed by atoms with E-state index in [1.807, 2.05) is 0 Å². The summed E-state index contributed by atoms with van der Waals surface area (Å²) in [6.45, 7) is 4.62. The summed E-state index contributed by atoms with van der Waals surface area (Å²) in [5.74, 6) is 3.83. The lowest BCUT2D eigenvalue weighted by atomic mass is 10.0. The van der Waals surface area contributed by atoms with Crippen LogP contribution in [0.1, 0.15) is 146 Å². The standard InChI is InChI=1S/C39H62S5/c1-3-5-7-9-11-13-15-17-21-28-42-39(43-29-22-18-16-14-12-10-8-6-4-2)44-33-41-32-40-31-35-25-23-27-37-36-26-20-19-24-34(36)30-38(35)37/h19-20,23-27,39H,3-18,21-22,28-33H2,1-2H3. The molecule has 248 valence electrons. The van der Waals surface area contributed by atoms with Gasteiger partial charge in [0, 0.05) is 15.9 Å². The fourth-order valence-electron chi connectivity index (χ4n) is 6.04. The molecule has 2 aromatic rings. The smallest absolute Gasteiger partial charge is 0.0964 e. The zero-order valence-corrected chi connectivity index (χ0v) is 32.2. The van der Waals surface area contributed by atoms with Crippen LogP contribution in [0.15, 0.2) is 42.5 Å². The first-order valence-corrected chi connectivity index (χ1v) is 23.5. The summed E-state index contributed by atoms with van der Waals surface area (Å²) in [4.78, 5) is 0. The third kappa shape index (κ3) is 16.3. The van der Waals surface area contributed by atoms with E-state index >= 15 is 0 Å². The van der Waals surface area contributed by atoms with Gasteiger partial charge in [-0.3, -0.25) is 0 Å². The molecule has 2 aromatic carbocycles. The van der Waals surface area contributed by atoms with Gasteiger partial charge in [-0.1, -0.05) is 159 Å². The first-order valence-electron chi connectivity index (χ1n) is 18.0. The molecule has 0 atom stereocenters. The monoisotopic (exact) mass is 690 g/mol. The van der Waals surface area contributed by atoms with E-state index in [4.69, 9.17) is 0 Å². The Morgan fingerprint density at radius 3 is 1.68 bits per heavy atom. The molecule has 0 N–H and O–H groups in total. The van der Waals surface area contributed by atoms with Crippen LogP contribution >= 0.6 is 58.8 Å². The van der Waals surface area contributed by atoms with Crippen LogP contribution in [0.3, 0.4) is 0 Å². The maximum atomic E-state index is 2.36. The van der Waals surface area contributed by atoms with Crippen molar-refractivity contribution in [3.8, 4) is 11.1 Å². The third-order valence-corrected chi connectivity index (χ3v) is 16.0. The molecule has 0 nitrogen and oxygen atoms in total. The third-order valence-electron chi connectivity index (χ3n) is 8.66. The van der Waals surface area contributed by atoms with Gasteiger partial charge in [0.15, 0.2) is 0 Å². The second kappa shape index (κ2) is 26.2. The summed E-state index contributed by atoms with van der Waals surface area (Å²) in [6, 6.07) is 15.9. The summed E-state index contributed by atoms with van der Waals surface area (Å²) < 4.78 is 0.714. The number of fused-ring (bicyclic) bond motifs is 3. The Kier molecular flexibility index (Phi) is 23.0. The Hall–Kier alpha value is 0.190. The van der Waals surface area contributed by atoms with Crippen molar-refractivity contribution < 1.29 is 0 Å². The lowest BCUT2D eigenvalue weighted by Crippen LogP contribution is -1.97. The van der Waals surface area contributed by atoms with Crippen LogP contribution in [0.4, 0.5) is 0 Å². The molecule has 0 saturated heterocycles. The van der Waals surface area contributed by atoms with Crippen LogP contribution in [-0.4, -0.2) is 25.6 Å². The molecular weight excluding hydrogens is 629 g/mol. The van der Waals surface area contributed by atoms with Crippen LogP contribution in [0.2, 0.25) is 0 Å². The minimum Gasteiger partial charge on any atom is -0.146 e. The first-order chi connectivity index (χ1) is 21.8. The molecule has 0 aliphatic heterocycles. The van der Waals surface area contributed by atoms with E-state index in [-0.39, 0.29) is 0 Å². The van der Waals surface area contributed by atoms with E-state index in [0.29, 0.717) is 3.91 Å². The van der Waals surface area contributed by atoms with Gasteiger partial charge in [0.05, 0.1) is 3.91 Å². The number of rotatable bonds is 29. The van der Waals surface area contributed by atoms with Gasteiger partial charge in [0.1, 0.15) is 0 Å². The van der Waals surface area contributed by atoms with E-state index in [0.717, 1.165) is 12.2 Å². The molecule has 1 aliphatic carbocycles. The number of benzene rings is 2. The highest BCUT2D eigenvalue weighted by Crippen LogP contribution is 2.40. The highest BCUT2D eigenvalue weighted by Gasteiger charge is 2.20. The lowest BCUT2D eigenvalue weighted by molar-refractivity contribution is 0.573. The summed E-state index contributed by atoms with van der Waals surface area (Å²) >= 11 is 11.0. The van der Waals surface area contributed by atoms with E-state index in [9.17, 15) is 0 Å². The number of thioether (sulfide) groups is 5. The Labute approximate surface area is 294 Å². The minimum atomic E-state index is 0.714. The van der Waals surface area contributed by atoms with E-state index < -0.39 is 0 Å². The van der Waals surface area contributed by atoms with Crippen LogP contribution < -0.4 is 0 Å². The Bertz CT molecular complexity index is 953.